The molecule has 0 aromatic heterocycles. The highest BCUT2D eigenvalue weighted by molar-refractivity contribution is 5.95. The van der Waals surface area contributed by atoms with Gasteiger partial charge in [0.05, 0.1) is 13.5 Å². The summed E-state index contributed by atoms with van der Waals surface area (Å²) in [6.07, 6.45) is 2.27. The maximum absolute atomic E-state index is 13.7. The van der Waals surface area contributed by atoms with E-state index in [1.165, 1.54) is 19.2 Å². The van der Waals surface area contributed by atoms with Crippen LogP contribution in [-0.2, 0) is 9.53 Å². The van der Waals surface area contributed by atoms with E-state index in [2.05, 4.69) is 4.74 Å². The second-order valence-electron chi connectivity index (χ2n) is 4.87. The third kappa shape index (κ3) is 2.74. The summed E-state index contributed by atoms with van der Waals surface area (Å²) in [4.78, 5) is 22.8. The summed E-state index contributed by atoms with van der Waals surface area (Å²) < 4.78 is 24.0. The minimum absolute atomic E-state index is 0.0677. The van der Waals surface area contributed by atoms with Gasteiger partial charge >= 0.3 is 5.97 Å². The molecule has 5 nitrogen and oxygen atoms in total. The Morgan fingerprint density at radius 1 is 1.40 bits per heavy atom. The van der Waals surface area contributed by atoms with Gasteiger partial charge in [-0.25, -0.2) is 4.39 Å². The van der Waals surface area contributed by atoms with E-state index in [4.69, 9.17) is 10.5 Å². The van der Waals surface area contributed by atoms with Crippen molar-refractivity contribution in [1.82, 2.24) is 0 Å². The lowest BCUT2D eigenvalue weighted by Crippen LogP contribution is -2.45. The van der Waals surface area contributed by atoms with Crippen molar-refractivity contribution in [2.24, 2.45) is 5.73 Å². The van der Waals surface area contributed by atoms with Gasteiger partial charge in [0.25, 0.3) is 5.91 Å². The average Bonchev–Trinajstić information content (AvgIpc) is 2.35. The highest BCUT2D eigenvalue weighted by Gasteiger charge is 2.42. The van der Waals surface area contributed by atoms with Crippen LogP contribution < -0.4 is 10.5 Å². The highest BCUT2D eigenvalue weighted by Crippen LogP contribution is 2.40. The maximum Gasteiger partial charge on any atom is 0.309 e. The van der Waals surface area contributed by atoms with E-state index >= 15 is 0 Å². The predicted molar refractivity (Wildman–Crippen MR) is 68.8 cm³/mol. The van der Waals surface area contributed by atoms with E-state index in [0.717, 1.165) is 12.5 Å². The third-order valence-corrected chi connectivity index (χ3v) is 3.51. The lowest BCUT2D eigenvalue weighted by Gasteiger charge is -2.41. The van der Waals surface area contributed by atoms with Crippen LogP contribution in [-0.4, -0.2) is 24.6 Å². The number of methoxy groups -OCH3 is 1. The molecule has 1 aliphatic rings. The second kappa shape index (κ2) is 5.48. The molecule has 1 aliphatic carbocycles. The number of ether oxygens (including phenoxy) is 2. The van der Waals surface area contributed by atoms with Gasteiger partial charge in [0, 0.05) is 0 Å². The number of nitrogens with two attached hydrogens (primary N) is 1. The van der Waals surface area contributed by atoms with Gasteiger partial charge in [-0.05, 0) is 31.4 Å². The number of benzene rings is 1. The Morgan fingerprint density at radius 3 is 2.60 bits per heavy atom. The van der Waals surface area contributed by atoms with Crippen molar-refractivity contribution in [3.8, 4) is 5.75 Å². The number of rotatable bonds is 5. The fourth-order valence-electron chi connectivity index (χ4n) is 2.28. The molecule has 1 aromatic carbocycles. The summed E-state index contributed by atoms with van der Waals surface area (Å²) in [5.74, 6) is -1.96. The zero-order valence-corrected chi connectivity index (χ0v) is 11.1. The zero-order chi connectivity index (χ0) is 14.8. The van der Waals surface area contributed by atoms with Gasteiger partial charge in [-0.1, -0.05) is 6.07 Å². The van der Waals surface area contributed by atoms with Gasteiger partial charge in [0.2, 0.25) is 0 Å². The van der Waals surface area contributed by atoms with E-state index in [1.807, 2.05) is 0 Å². The third-order valence-electron chi connectivity index (χ3n) is 3.51. The Hall–Kier alpha value is -2.11. The van der Waals surface area contributed by atoms with Gasteiger partial charge < -0.3 is 15.2 Å². The number of esters is 1. The number of halogens is 1. The molecule has 0 unspecified atom stereocenters. The van der Waals surface area contributed by atoms with Gasteiger partial charge in [-0.15, -0.1) is 0 Å². The first-order chi connectivity index (χ1) is 9.47. The molecule has 1 fully saturated rings. The first-order valence-corrected chi connectivity index (χ1v) is 6.31. The molecule has 1 saturated carbocycles. The van der Waals surface area contributed by atoms with Crippen LogP contribution in [0.5, 0.6) is 5.75 Å². The molecule has 2 rings (SSSR count). The quantitative estimate of drug-likeness (QED) is 0.834. The highest BCUT2D eigenvalue weighted by atomic mass is 19.1. The second-order valence-corrected chi connectivity index (χ2v) is 4.87. The largest absolute Gasteiger partial charge is 0.486 e. The molecular formula is C14H16FNO4. The number of carbonyl (C=O) groups is 2. The molecule has 0 radical (unpaired) electrons. The maximum atomic E-state index is 13.7. The van der Waals surface area contributed by atoms with Gasteiger partial charge in [-0.3, -0.25) is 9.59 Å². The molecule has 20 heavy (non-hydrogen) atoms. The molecular weight excluding hydrogens is 265 g/mol. The van der Waals surface area contributed by atoms with Crippen molar-refractivity contribution in [2.45, 2.75) is 31.3 Å². The summed E-state index contributed by atoms with van der Waals surface area (Å²) in [5, 5.41) is 0. The van der Waals surface area contributed by atoms with Crippen molar-refractivity contribution in [2.75, 3.05) is 7.11 Å². The van der Waals surface area contributed by atoms with Crippen molar-refractivity contribution < 1.29 is 23.5 Å². The van der Waals surface area contributed by atoms with E-state index in [9.17, 15) is 14.0 Å². The zero-order valence-electron chi connectivity index (χ0n) is 11.1. The standard InChI is InChI=1S/C14H16FNO4/c1-19-11(17)8-14(6-3-7-14)20-10-5-2-4-9(15)12(10)13(16)18/h2,4-5H,3,6-8H2,1H3,(H2,16,18). The van der Waals surface area contributed by atoms with Gasteiger partial charge in [0.15, 0.2) is 0 Å². The molecule has 0 spiro atoms. The molecule has 108 valence electrons. The molecule has 6 heteroatoms. The van der Waals surface area contributed by atoms with Gasteiger partial charge in [-0.2, -0.15) is 0 Å². The first kappa shape index (κ1) is 14.3. The summed E-state index contributed by atoms with van der Waals surface area (Å²) >= 11 is 0. The van der Waals surface area contributed by atoms with E-state index < -0.39 is 23.3 Å². The first-order valence-electron chi connectivity index (χ1n) is 6.31. The lowest BCUT2D eigenvalue weighted by atomic mass is 9.77. The summed E-state index contributed by atoms with van der Waals surface area (Å²) in [6, 6.07) is 4.04. The average molecular weight is 281 g/mol. The fraction of sp³-hybridized carbons (Fsp3) is 0.429. The smallest absolute Gasteiger partial charge is 0.309 e. The van der Waals surface area contributed by atoms with Crippen LogP contribution in [0.15, 0.2) is 18.2 Å². The summed E-state index contributed by atoms with van der Waals surface area (Å²) in [5.41, 5.74) is 4.15. The van der Waals surface area contributed by atoms with Crippen molar-refractivity contribution in [1.29, 1.82) is 0 Å². The Morgan fingerprint density at radius 2 is 2.10 bits per heavy atom. The van der Waals surface area contributed by atoms with E-state index in [1.54, 1.807) is 0 Å². The van der Waals surface area contributed by atoms with Gasteiger partial charge in [0.1, 0.15) is 22.7 Å². The Kier molecular flexibility index (Phi) is 3.92. The van der Waals surface area contributed by atoms with Crippen LogP contribution >= 0.6 is 0 Å². The van der Waals surface area contributed by atoms with E-state index in [-0.39, 0.29) is 17.7 Å². The normalized spacial score (nSPS) is 16.1. The Bertz CT molecular complexity index is 540. The van der Waals surface area contributed by atoms with Crippen LogP contribution in [0.2, 0.25) is 0 Å². The van der Waals surface area contributed by atoms with Crippen LogP contribution in [0.4, 0.5) is 4.39 Å². The molecule has 0 atom stereocenters. The Balaban J connectivity index is 2.26. The minimum atomic E-state index is -0.898. The van der Waals surface area contributed by atoms with Crippen LogP contribution in [0.1, 0.15) is 36.0 Å². The molecule has 0 heterocycles. The van der Waals surface area contributed by atoms with Crippen molar-refractivity contribution >= 4 is 11.9 Å². The molecule has 0 bridgehead atoms. The lowest BCUT2D eigenvalue weighted by molar-refractivity contribution is -0.148. The summed E-state index contributed by atoms with van der Waals surface area (Å²) in [6.45, 7) is 0. The number of amides is 1. The fourth-order valence-corrected chi connectivity index (χ4v) is 2.28. The van der Waals surface area contributed by atoms with E-state index in [0.29, 0.717) is 12.8 Å². The monoisotopic (exact) mass is 281 g/mol. The van der Waals surface area contributed by atoms with Crippen LogP contribution in [0.3, 0.4) is 0 Å². The Labute approximate surface area is 115 Å². The summed E-state index contributed by atoms with van der Waals surface area (Å²) in [7, 11) is 1.30. The molecule has 1 aromatic rings. The molecule has 0 aliphatic heterocycles. The topological polar surface area (TPSA) is 78.6 Å². The number of hydrogen-bond donors (Lipinski definition) is 1. The molecule has 1 amide bonds. The van der Waals surface area contributed by atoms with Crippen LogP contribution in [0.25, 0.3) is 0 Å². The van der Waals surface area contributed by atoms with Crippen LogP contribution in [0, 0.1) is 5.82 Å². The van der Waals surface area contributed by atoms with Crippen molar-refractivity contribution in [3.63, 3.8) is 0 Å². The minimum Gasteiger partial charge on any atom is -0.486 e. The molecule has 0 saturated heterocycles. The molecule has 2 N–H and O–H groups in total. The van der Waals surface area contributed by atoms with Crippen molar-refractivity contribution in [3.05, 3.63) is 29.6 Å². The SMILES string of the molecule is COC(=O)CC1(Oc2cccc(F)c2C(N)=O)CCC1. The number of carbonyl (C=O) groups excluding carboxylic acids is 2. The number of primary amides is 1. The number of hydrogen-bond acceptors (Lipinski definition) is 4. The predicted octanol–water partition coefficient (Wildman–Crippen LogP) is 1.79.